The molecule has 0 aliphatic heterocycles. The highest BCUT2D eigenvalue weighted by Gasteiger charge is 2.07. The van der Waals surface area contributed by atoms with Crippen LogP contribution in [0.15, 0.2) is 24.3 Å². The molecule has 0 fully saturated rings. The fourth-order valence-corrected chi connectivity index (χ4v) is 2.07. The number of hydrogen-bond donors (Lipinski definition) is 1. The molecule has 1 aromatic heterocycles. The van der Waals surface area contributed by atoms with Gasteiger partial charge < -0.3 is 5.73 Å². The van der Waals surface area contributed by atoms with Gasteiger partial charge in [0.1, 0.15) is 0 Å². The van der Waals surface area contributed by atoms with Gasteiger partial charge in [-0.3, -0.25) is 0 Å². The van der Waals surface area contributed by atoms with Gasteiger partial charge in [-0.15, -0.1) is 17.9 Å². The van der Waals surface area contributed by atoms with Crippen molar-refractivity contribution in [2.45, 2.75) is 19.4 Å². The number of nitrogens with two attached hydrogens (primary N) is 1. The molecule has 1 unspecified atom stereocenters. The fraction of sp³-hybridized carbons (Fsp3) is 0.333. The normalized spacial score (nSPS) is 12.9. The Hall–Kier alpha value is -0.310. The molecule has 0 radical (unpaired) electrons. The summed E-state index contributed by atoms with van der Waals surface area (Å²) >= 11 is 7.32. The maximum absolute atomic E-state index is 5.90. The summed E-state index contributed by atoms with van der Waals surface area (Å²) < 4.78 is 0.794. The third kappa shape index (κ3) is 2.63. The van der Waals surface area contributed by atoms with E-state index in [-0.39, 0.29) is 6.04 Å². The molecule has 1 atom stereocenters. The molecule has 0 aliphatic rings. The van der Waals surface area contributed by atoms with Gasteiger partial charge >= 0.3 is 0 Å². The minimum Gasteiger partial charge on any atom is -0.323 e. The second-order valence-electron chi connectivity index (χ2n) is 2.91. The average Bonchev–Trinajstić information content (AvgIpc) is 2.34. The first-order valence-corrected chi connectivity index (χ1v) is 4.94. The van der Waals surface area contributed by atoms with Crippen molar-refractivity contribution in [3.63, 3.8) is 0 Å². The summed E-state index contributed by atoms with van der Waals surface area (Å²) in [5, 5.41) is 0. The summed E-state index contributed by atoms with van der Waals surface area (Å²) in [6, 6.07) is 3.90. The van der Waals surface area contributed by atoms with Crippen LogP contribution in [-0.2, 0) is 0 Å². The molecule has 1 rings (SSSR count). The molecule has 1 aromatic rings. The van der Waals surface area contributed by atoms with Crippen molar-refractivity contribution in [2.75, 3.05) is 0 Å². The van der Waals surface area contributed by atoms with E-state index in [0.29, 0.717) is 0 Å². The van der Waals surface area contributed by atoms with Gasteiger partial charge in [-0.1, -0.05) is 17.2 Å². The van der Waals surface area contributed by atoms with Crippen molar-refractivity contribution in [3.05, 3.63) is 33.5 Å². The Bertz CT molecular complexity index is 280. The lowest BCUT2D eigenvalue weighted by molar-refractivity contribution is 0.731. The summed E-state index contributed by atoms with van der Waals surface area (Å²) in [7, 11) is 0. The minimum atomic E-state index is 0.0556. The zero-order chi connectivity index (χ0) is 9.14. The molecule has 1 heterocycles. The Morgan fingerprint density at radius 1 is 1.75 bits per heavy atom. The summed E-state index contributed by atoms with van der Waals surface area (Å²) in [5.74, 6) is 0. The second kappa shape index (κ2) is 4.08. The smallest absolute Gasteiger partial charge is 0.0931 e. The SMILES string of the molecule is C=C(C)CC(N)c1ccc(Cl)s1. The first-order valence-electron chi connectivity index (χ1n) is 3.75. The van der Waals surface area contributed by atoms with E-state index >= 15 is 0 Å². The average molecular weight is 202 g/mol. The van der Waals surface area contributed by atoms with E-state index in [4.69, 9.17) is 17.3 Å². The number of hydrogen-bond acceptors (Lipinski definition) is 2. The van der Waals surface area contributed by atoms with Crippen LogP contribution in [0.25, 0.3) is 0 Å². The van der Waals surface area contributed by atoms with Gasteiger partial charge in [0.25, 0.3) is 0 Å². The first-order chi connectivity index (χ1) is 5.59. The zero-order valence-electron chi connectivity index (χ0n) is 7.01. The highest BCUT2D eigenvalue weighted by molar-refractivity contribution is 7.16. The molecule has 66 valence electrons. The summed E-state index contributed by atoms with van der Waals surface area (Å²) in [6.07, 6.45) is 0.830. The van der Waals surface area contributed by atoms with Crippen LogP contribution in [0.5, 0.6) is 0 Å². The zero-order valence-corrected chi connectivity index (χ0v) is 8.58. The predicted molar refractivity (Wildman–Crippen MR) is 55.7 cm³/mol. The Balaban J connectivity index is 2.64. The third-order valence-corrected chi connectivity index (χ3v) is 2.89. The minimum absolute atomic E-state index is 0.0556. The molecule has 0 aliphatic carbocycles. The van der Waals surface area contributed by atoms with Crippen LogP contribution < -0.4 is 5.73 Å². The van der Waals surface area contributed by atoms with Gasteiger partial charge in [0, 0.05) is 10.9 Å². The maximum atomic E-state index is 5.90. The molecule has 0 saturated carbocycles. The Labute approximate surface area is 81.9 Å². The molecule has 1 nitrogen and oxygen atoms in total. The van der Waals surface area contributed by atoms with Gasteiger partial charge in [-0.25, -0.2) is 0 Å². The van der Waals surface area contributed by atoms with Crippen LogP contribution in [0.1, 0.15) is 24.3 Å². The van der Waals surface area contributed by atoms with E-state index in [0.717, 1.165) is 21.2 Å². The van der Waals surface area contributed by atoms with Crippen molar-refractivity contribution >= 4 is 22.9 Å². The van der Waals surface area contributed by atoms with Crippen LogP contribution in [-0.4, -0.2) is 0 Å². The first kappa shape index (κ1) is 9.78. The molecule has 0 saturated heterocycles. The van der Waals surface area contributed by atoms with E-state index in [1.54, 1.807) is 0 Å². The van der Waals surface area contributed by atoms with Gasteiger partial charge in [-0.05, 0) is 25.5 Å². The Morgan fingerprint density at radius 2 is 2.42 bits per heavy atom. The molecule has 2 N–H and O–H groups in total. The predicted octanol–water partition coefficient (Wildman–Crippen LogP) is 3.37. The monoisotopic (exact) mass is 201 g/mol. The van der Waals surface area contributed by atoms with Gasteiger partial charge in [0.05, 0.1) is 4.34 Å². The van der Waals surface area contributed by atoms with Crippen molar-refractivity contribution in [3.8, 4) is 0 Å². The van der Waals surface area contributed by atoms with E-state index < -0.39 is 0 Å². The van der Waals surface area contributed by atoms with Crippen LogP contribution in [0.3, 0.4) is 0 Å². The molecular weight excluding hydrogens is 190 g/mol. The van der Waals surface area contributed by atoms with E-state index in [9.17, 15) is 0 Å². The second-order valence-corrected chi connectivity index (χ2v) is 4.66. The van der Waals surface area contributed by atoms with Crippen molar-refractivity contribution < 1.29 is 0 Å². The highest BCUT2D eigenvalue weighted by atomic mass is 35.5. The number of rotatable bonds is 3. The lowest BCUT2D eigenvalue weighted by Gasteiger charge is -2.07. The van der Waals surface area contributed by atoms with Gasteiger partial charge in [0.15, 0.2) is 0 Å². The highest BCUT2D eigenvalue weighted by Crippen LogP contribution is 2.28. The molecule has 0 amide bonds. The number of halogens is 1. The van der Waals surface area contributed by atoms with E-state index in [1.807, 2.05) is 19.1 Å². The van der Waals surface area contributed by atoms with Crippen LogP contribution in [0.2, 0.25) is 4.34 Å². The third-order valence-electron chi connectivity index (χ3n) is 1.53. The van der Waals surface area contributed by atoms with Gasteiger partial charge in [-0.2, -0.15) is 0 Å². The molecule has 0 bridgehead atoms. The lowest BCUT2D eigenvalue weighted by atomic mass is 10.1. The molecule has 0 spiro atoms. The van der Waals surface area contributed by atoms with E-state index in [2.05, 4.69) is 6.58 Å². The quantitative estimate of drug-likeness (QED) is 0.746. The van der Waals surface area contributed by atoms with Crippen molar-refractivity contribution in [1.82, 2.24) is 0 Å². The van der Waals surface area contributed by atoms with Crippen molar-refractivity contribution in [2.24, 2.45) is 5.73 Å². The molecule has 12 heavy (non-hydrogen) atoms. The Morgan fingerprint density at radius 3 is 2.83 bits per heavy atom. The molecule has 0 aromatic carbocycles. The van der Waals surface area contributed by atoms with Crippen LogP contribution in [0, 0.1) is 0 Å². The largest absolute Gasteiger partial charge is 0.323 e. The van der Waals surface area contributed by atoms with Crippen LogP contribution >= 0.6 is 22.9 Å². The van der Waals surface area contributed by atoms with Crippen LogP contribution in [0.4, 0.5) is 0 Å². The summed E-state index contributed by atoms with van der Waals surface area (Å²) in [5.41, 5.74) is 7.00. The summed E-state index contributed by atoms with van der Waals surface area (Å²) in [6.45, 7) is 5.80. The topological polar surface area (TPSA) is 26.0 Å². The molecular formula is C9H12ClNS. The lowest BCUT2D eigenvalue weighted by Crippen LogP contribution is -2.08. The summed E-state index contributed by atoms with van der Waals surface area (Å²) in [4.78, 5) is 1.13. The van der Waals surface area contributed by atoms with E-state index in [1.165, 1.54) is 11.3 Å². The number of thiophene rings is 1. The molecule has 3 heteroatoms. The fourth-order valence-electron chi connectivity index (χ4n) is 1.00. The van der Waals surface area contributed by atoms with Gasteiger partial charge in [0.2, 0.25) is 0 Å². The maximum Gasteiger partial charge on any atom is 0.0931 e. The Kier molecular flexibility index (Phi) is 3.32. The standard InChI is InChI=1S/C9H12ClNS/c1-6(2)5-7(11)8-3-4-9(10)12-8/h3-4,7H,1,5,11H2,2H3. The van der Waals surface area contributed by atoms with Crippen molar-refractivity contribution in [1.29, 1.82) is 0 Å².